The third kappa shape index (κ3) is 4.61. The lowest BCUT2D eigenvalue weighted by atomic mass is 10.2. The van der Waals surface area contributed by atoms with Crippen LogP contribution >= 0.6 is 22.7 Å². The van der Waals surface area contributed by atoms with E-state index in [1.54, 1.807) is 47.8 Å². The molecule has 3 amide bonds. The van der Waals surface area contributed by atoms with Gasteiger partial charge in [-0.05, 0) is 48.2 Å². The highest BCUT2D eigenvalue weighted by atomic mass is 32.1. The normalized spacial score (nSPS) is 10.6. The number of rotatable bonds is 5. The van der Waals surface area contributed by atoms with Crippen molar-refractivity contribution in [3.63, 3.8) is 0 Å². The average Bonchev–Trinajstić information content (AvgIpc) is 3.40. The fourth-order valence-electron chi connectivity index (χ4n) is 3.02. The Bertz CT molecular complexity index is 1310. The van der Waals surface area contributed by atoms with Gasteiger partial charge in [0.1, 0.15) is 4.88 Å². The molecule has 32 heavy (non-hydrogen) atoms. The number of benzene rings is 2. The third-order valence-electron chi connectivity index (χ3n) is 4.48. The number of aromatic nitrogens is 1. The molecule has 2 heterocycles. The lowest BCUT2D eigenvalue weighted by Crippen LogP contribution is -2.20. The summed E-state index contributed by atoms with van der Waals surface area (Å²) >= 11 is 2.50. The molecule has 3 N–H and O–H groups in total. The Hall–Kier alpha value is -3.76. The Morgan fingerprint density at radius 2 is 1.78 bits per heavy atom. The van der Waals surface area contributed by atoms with Gasteiger partial charge in [-0.2, -0.15) is 0 Å². The molecule has 0 saturated heterocycles. The Morgan fingerprint density at radius 1 is 1.00 bits per heavy atom. The maximum absolute atomic E-state index is 12.5. The number of anilines is 3. The van der Waals surface area contributed by atoms with Crippen LogP contribution in [0.5, 0.6) is 0 Å². The number of nitrogens with zero attached hydrogens (tertiary/aromatic N) is 1. The number of thiophene rings is 1. The van der Waals surface area contributed by atoms with Gasteiger partial charge in [0.2, 0.25) is 0 Å². The summed E-state index contributed by atoms with van der Waals surface area (Å²) in [7, 11) is 1.29. The number of esters is 1. The number of amides is 3. The van der Waals surface area contributed by atoms with Crippen LogP contribution in [0, 0.1) is 6.92 Å². The second-order valence-electron chi connectivity index (χ2n) is 6.71. The molecule has 0 fully saturated rings. The maximum Gasteiger partial charge on any atom is 0.350 e. The highest BCUT2D eigenvalue weighted by Gasteiger charge is 2.16. The molecule has 2 aromatic carbocycles. The van der Waals surface area contributed by atoms with E-state index in [9.17, 15) is 14.4 Å². The maximum atomic E-state index is 12.5. The predicted octanol–water partition coefficient (Wildman–Crippen LogP) is 5.35. The number of carbonyl (C=O) groups is 3. The first-order valence-corrected chi connectivity index (χ1v) is 11.2. The molecule has 162 valence electrons. The fraction of sp³-hybridized carbons (Fsp3) is 0.0909. The quantitative estimate of drug-likeness (QED) is 0.344. The minimum Gasteiger partial charge on any atom is -0.465 e. The van der Waals surface area contributed by atoms with Crippen molar-refractivity contribution in [2.75, 3.05) is 23.1 Å². The van der Waals surface area contributed by atoms with Crippen molar-refractivity contribution >= 4 is 67.3 Å². The first-order chi connectivity index (χ1) is 15.4. The van der Waals surface area contributed by atoms with Crippen LogP contribution in [-0.2, 0) is 4.74 Å². The van der Waals surface area contributed by atoms with E-state index in [1.165, 1.54) is 29.8 Å². The van der Waals surface area contributed by atoms with E-state index < -0.39 is 12.0 Å². The molecule has 10 heteroatoms. The molecule has 0 saturated carbocycles. The molecular weight excluding hydrogens is 448 g/mol. The molecule has 0 atom stereocenters. The lowest BCUT2D eigenvalue weighted by molar-refractivity contribution is 0.0607. The predicted molar refractivity (Wildman–Crippen MR) is 127 cm³/mol. The molecule has 0 unspecified atom stereocenters. The van der Waals surface area contributed by atoms with Crippen LogP contribution in [0.1, 0.15) is 25.6 Å². The number of hydrogen-bond acceptors (Lipinski definition) is 7. The summed E-state index contributed by atoms with van der Waals surface area (Å²) in [5, 5.41) is 10.4. The van der Waals surface area contributed by atoms with E-state index >= 15 is 0 Å². The highest BCUT2D eigenvalue weighted by molar-refractivity contribution is 7.22. The summed E-state index contributed by atoms with van der Waals surface area (Å²) in [5.41, 5.74) is 3.07. The highest BCUT2D eigenvalue weighted by Crippen LogP contribution is 2.31. The van der Waals surface area contributed by atoms with E-state index in [1.807, 2.05) is 13.0 Å². The van der Waals surface area contributed by atoms with E-state index in [0.29, 0.717) is 26.9 Å². The number of fused-ring (bicyclic) bond motifs is 1. The summed E-state index contributed by atoms with van der Waals surface area (Å²) in [6, 6.07) is 13.6. The van der Waals surface area contributed by atoms with Gasteiger partial charge in [0, 0.05) is 11.3 Å². The summed E-state index contributed by atoms with van der Waals surface area (Å²) in [5.74, 6) is -0.750. The Kier molecular flexibility index (Phi) is 6.15. The average molecular weight is 467 g/mol. The number of thiazole rings is 1. The number of aryl methyl sites for hydroxylation is 1. The largest absolute Gasteiger partial charge is 0.465 e. The van der Waals surface area contributed by atoms with Crippen molar-refractivity contribution in [3.8, 4) is 0 Å². The standard InChI is InChI=1S/C22H18N4O4S2/c1-12-10-14(23-21(29)24-15-8-9-31-18(15)20(28)30-2)11-16-17(12)25-22(32-16)26-19(27)13-6-4-3-5-7-13/h3-11H,1-2H3,(H2,23,24,29)(H,25,26,27). The zero-order valence-corrected chi connectivity index (χ0v) is 18.7. The molecule has 4 aromatic rings. The van der Waals surface area contributed by atoms with Gasteiger partial charge in [0.15, 0.2) is 5.13 Å². The van der Waals surface area contributed by atoms with Crippen LogP contribution in [-0.4, -0.2) is 30.0 Å². The molecule has 0 spiro atoms. The SMILES string of the molecule is COC(=O)c1sccc1NC(=O)Nc1cc(C)c2nc(NC(=O)c3ccccc3)sc2c1. The first-order valence-electron chi connectivity index (χ1n) is 9.46. The summed E-state index contributed by atoms with van der Waals surface area (Å²) < 4.78 is 5.54. The van der Waals surface area contributed by atoms with Gasteiger partial charge < -0.3 is 15.4 Å². The first kappa shape index (κ1) is 21.5. The summed E-state index contributed by atoms with van der Waals surface area (Å²) in [6.45, 7) is 1.88. The van der Waals surface area contributed by atoms with Crippen LogP contribution in [0.15, 0.2) is 53.9 Å². The van der Waals surface area contributed by atoms with Gasteiger partial charge in [0.05, 0.1) is 23.0 Å². The Balaban J connectivity index is 1.49. The second kappa shape index (κ2) is 9.16. The smallest absolute Gasteiger partial charge is 0.350 e. The molecule has 0 aliphatic heterocycles. The van der Waals surface area contributed by atoms with Gasteiger partial charge in [0.25, 0.3) is 5.91 Å². The fourth-order valence-corrected chi connectivity index (χ4v) is 4.77. The molecular formula is C22H18N4O4S2. The number of hydrogen-bond donors (Lipinski definition) is 3. The zero-order valence-electron chi connectivity index (χ0n) is 17.1. The Labute approximate surface area is 191 Å². The van der Waals surface area contributed by atoms with E-state index in [2.05, 4.69) is 20.9 Å². The van der Waals surface area contributed by atoms with Crippen LogP contribution in [0.3, 0.4) is 0 Å². The Morgan fingerprint density at radius 3 is 2.53 bits per heavy atom. The van der Waals surface area contributed by atoms with Crippen LogP contribution < -0.4 is 16.0 Å². The van der Waals surface area contributed by atoms with Crippen molar-refractivity contribution < 1.29 is 19.1 Å². The van der Waals surface area contributed by atoms with Crippen LogP contribution in [0.4, 0.5) is 21.3 Å². The summed E-state index contributed by atoms with van der Waals surface area (Å²) in [4.78, 5) is 41.5. The molecule has 2 aromatic heterocycles. The molecule has 0 aliphatic rings. The minimum atomic E-state index is -0.512. The van der Waals surface area contributed by atoms with Gasteiger partial charge >= 0.3 is 12.0 Å². The minimum absolute atomic E-state index is 0.239. The van der Waals surface area contributed by atoms with Gasteiger partial charge in [-0.1, -0.05) is 29.5 Å². The monoisotopic (exact) mass is 466 g/mol. The number of methoxy groups -OCH3 is 1. The van der Waals surface area contributed by atoms with E-state index in [-0.39, 0.29) is 5.91 Å². The van der Waals surface area contributed by atoms with E-state index in [0.717, 1.165) is 15.8 Å². The van der Waals surface area contributed by atoms with E-state index in [4.69, 9.17) is 4.74 Å². The molecule has 8 nitrogen and oxygen atoms in total. The van der Waals surface area contributed by atoms with Crippen molar-refractivity contribution in [3.05, 3.63) is 69.9 Å². The number of ether oxygens (including phenoxy) is 1. The van der Waals surface area contributed by atoms with Crippen molar-refractivity contribution in [1.82, 2.24) is 4.98 Å². The number of nitrogens with one attached hydrogen (secondary N) is 3. The number of carbonyl (C=O) groups excluding carboxylic acids is 3. The van der Waals surface area contributed by atoms with Crippen LogP contribution in [0.2, 0.25) is 0 Å². The van der Waals surface area contributed by atoms with Crippen molar-refractivity contribution in [2.45, 2.75) is 6.92 Å². The zero-order chi connectivity index (χ0) is 22.7. The molecule has 0 bridgehead atoms. The lowest BCUT2D eigenvalue weighted by Gasteiger charge is -2.08. The van der Waals surface area contributed by atoms with Crippen molar-refractivity contribution in [1.29, 1.82) is 0 Å². The molecule has 0 aliphatic carbocycles. The van der Waals surface area contributed by atoms with Gasteiger partial charge in [-0.3, -0.25) is 10.1 Å². The topological polar surface area (TPSA) is 109 Å². The second-order valence-corrected chi connectivity index (χ2v) is 8.66. The summed E-state index contributed by atoms with van der Waals surface area (Å²) in [6.07, 6.45) is 0. The van der Waals surface area contributed by atoms with Crippen LogP contribution in [0.25, 0.3) is 10.2 Å². The molecule has 0 radical (unpaired) electrons. The van der Waals surface area contributed by atoms with Crippen molar-refractivity contribution in [2.24, 2.45) is 0 Å². The van der Waals surface area contributed by atoms with Gasteiger partial charge in [-0.15, -0.1) is 11.3 Å². The van der Waals surface area contributed by atoms with Gasteiger partial charge in [-0.25, -0.2) is 14.6 Å². The third-order valence-corrected chi connectivity index (χ3v) is 6.30. The molecule has 4 rings (SSSR count). The number of urea groups is 1.